The van der Waals surface area contributed by atoms with E-state index in [0.717, 1.165) is 19.5 Å². The molecule has 3 unspecified atom stereocenters. The summed E-state index contributed by atoms with van der Waals surface area (Å²) >= 11 is 5.80. The molecular formula is C18H26ClN3O5S. The van der Waals surface area contributed by atoms with E-state index < -0.39 is 28.3 Å². The Morgan fingerprint density at radius 1 is 1.25 bits per heavy atom. The van der Waals surface area contributed by atoms with E-state index in [4.69, 9.17) is 16.3 Å². The lowest BCUT2D eigenvalue weighted by atomic mass is 10.1. The van der Waals surface area contributed by atoms with Crippen molar-refractivity contribution in [3.8, 4) is 0 Å². The van der Waals surface area contributed by atoms with Crippen molar-refractivity contribution in [1.29, 1.82) is 0 Å². The molecule has 10 heteroatoms. The van der Waals surface area contributed by atoms with Crippen LogP contribution < -0.4 is 4.72 Å². The fourth-order valence-corrected chi connectivity index (χ4v) is 4.91. The van der Waals surface area contributed by atoms with Crippen LogP contribution in [0.25, 0.3) is 0 Å². The quantitative estimate of drug-likeness (QED) is 0.695. The SMILES string of the molecule is CC(=O)N1CCCN(CC2OCC(NS(=O)(=O)c3ccc(Cl)cc3)C2O)CC1. The molecule has 3 rings (SSSR count). The van der Waals surface area contributed by atoms with Gasteiger partial charge in [-0.3, -0.25) is 9.69 Å². The number of nitrogens with one attached hydrogen (secondary N) is 1. The van der Waals surface area contributed by atoms with E-state index >= 15 is 0 Å². The molecule has 28 heavy (non-hydrogen) atoms. The van der Waals surface area contributed by atoms with Gasteiger partial charge in [-0.05, 0) is 37.2 Å². The lowest BCUT2D eigenvalue weighted by molar-refractivity contribution is -0.128. The van der Waals surface area contributed by atoms with Crippen molar-refractivity contribution in [2.24, 2.45) is 0 Å². The predicted octanol–water partition coefficient (Wildman–Crippen LogP) is 0.301. The van der Waals surface area contributed by atoms with Crippen LogP contribution in [0.2, 0.25) is 5.02 Å². The van der Waals surface area contributed by atoms with Crippen molar-refractivity contribution in [3.05, 3.63) is 29.3 Å². The van der Waals surface area contributed by atoms with Crippen LogP contribution >= 0.6 is 11.6 Å². The maximum absolute atomic E-state index is 12.5. The molecule has 1 amide bonds. The summed E-state index contributed by atoms with van der Waals surface area (Å²) in [6.07, 6.45) is -0.578. The van der Waals surface area contributed by atoms with Crippen LogP contribution in [0.1, 0.15) is 13.3 Å². The van der Waals surface area contributed by atoms with E-state index in [1.54, 1.807) is 6.92 Å². The normalized spacial score (nSPS) is 27.0. The Bertz CT molecular complexity index is 789. The third kappa shape index (κ3) is 5.22. The number of carbonyl (C=O) groups is 1. The molecule has 2 aliphatic rings. The number of hydrogen-bond donors (Lipinski definition) is 2. The lowest BCUT2D eigenvalue weighted by Gasteiger charge is -2.26. The number of halogens is 1. The van der Waals surface area contributed by atoms with Gasteiger partial charge in [-0.2, -0.15) is 0 Å². The molecule has 0 bridgehead atoms. The molecule has 0 aromatic heterocycles. The average Bonchev–Trinajstić information content (AvgIpc) is 2.84. The van der Waals surface area contributed by atoms with Gasteiger partial charge in [0.25, 0.3) is 0 Å². The highest BCUT2D eigenvalue weighted by Gasteiger charge is 2.39. The molecule has 1 aromatic carbocycles. The Morgan fingerprint density at radius 2 is 1.96 bits per heavy atom. The van der Waals surface area contributed by atoms with Crippen molar-refractivity contribution in [2.45, 2.75) is 36.5 Å². The Morgan fingerprint density at radius 3 is 2.64 bits per heavy atom. The summed E-state index contributed by atoms with van der Waals surface area (Å²) in [4.78, 5) is 15.6. The van der Waals surface area contributed by atoms with E-state index in [2.05, 4.69) is 9.62 Å². The molecule has 8 nitrogen and oxygen atoms in total. The van der Waals surface area contributed by atoms with Gasteiger partial charge in [-0.25, -0.2) is 13.1 Å². The first kappa shape index (κ1) is 21.5. The van der Waals surface area contributed by atoms with Gasteiger partial charge in [0.1, 0.15) is 0 Å². The minimum absolute atomic E-state index is 0.0654. The van der Waals surface area contributed by atoms with Crippen LogP contribution in [0.5, 0.6) is 0 Å². The van der Waals surface area contributed by atoms with Crippen molar-refractivity contribution in [3.63, 3.8) is 0 Å². The molecule has 0 aliphatic carbocycles. The molecule has 3 atom stereocenters. The molecular weight excluding hydrogens is 406 g/mol. The van der Waals surface area contributed by atoms with E-state index in [1.807, 2.05) is 4.90 Å². The number of hydrogen-bond acceptors (Lipinski definition) is 6. The number of aliphatic hydroxyl groups excluding tert-OH is 1. The second kappa shape index (κ2) is 9.06. The fraction of sp³-hybridized carbons (Fsp3) is 0.611. The largest absolute Gasteiger partial charge is 0.389 e. The number of carbonyl (C=O) groups excluding carboxylic acids is 1. The number of sulfonamides is 1. The topological polar surface area (TPSA) is 99.2 Å². The van der Waals surface area contributed by atoms with E-state index in [1.165, 1.54) is 24.3 Å². The lowest BCUT2D eigenvalue weighted by Crippen LogP contribution is -2.47. The van der Waals surface area contributed by atoms with Crippen LogP contribution in [0, 0.1) is 0 Å². The second-order valence-electron chi connectivity index (χ2n) is 7.20. The molecule has 2 aliphatic heterocycles. The van der Waals surface area contributed by atoms with Crippen molar-refractivity contribution < 1.29 is 23.1 Å². The molecule has 0 radical (unpaired) electrons. The molecule has 0 saturated carbocycles. The number of aliphatic hydroxyl groups is 1. The van der Waals surface area contributed by atoms with Crippen LogP contribution in [0.15, 0.2) is 29.2 Å². The number of amides is 1. The van der Waals surface area contributed by atoms with Gasteiger partial charge < -0.3 is 14.7 Å². The van der Waals surface area contributed by atoms with Crippen LogP contribution in [0.4, 0.5) is 0 Å². The molecule has 2 fully saturated rings. The number of benzene rings is 1. The second-order valence-corrected chi connectivity index (χ2v) is 9.35. The zero-order valence-electron chi connectivity index (χ0n) is 15.8. The standard InChI is InChI=1S/C18H26ClN3O5S/c1-13(23)22-8-2-7-21(9-10-22)11-17-18(24)16(12-27-17)20-28(25,26)15-5-3-14(19)4-6-15/h3-6,16-18,20,24H,2,7-12H2,1H3. The van der Waals surface area contributed by atoms with Crippen LogP contribution in [-0.2, 0) is 19.6 Å². The third-order valence-corrected chi connectivity index (χ3v) is 6.94. The molecule has 2 saturated heterocycles. The van der Waals surface area contributed by atoms with Gasteiger partial charge in [-0.15, -0.1) is 0 Å². The van der Waals surface area contributed by atoms with E-state index in [-0.39, 0.29) is 17.4 Å². The summed E-state index contributed by atoms with van der Waals surface area (Å²) in [5, 5.41) is 11.0. The molecule has 2 N–H and O–H groups in total. The zero-order valence-corrected chi connectivity index (χ0v) is 17.3. The van der Waals surface area contributed by atoms with Gasteiger partial charge in [0.2, 0.25) is 15.9 Å². The van der Waals surface area contributed by atoms with E-state index in [0.29, 0.717) is 24.7 Å². The molecule has 0 spiro atoms. The maximum atomic E-state index is 12.5. The highest BCUT2D eigenvalue weighted by Crippen LogP contribution is 2.20. The van der Waals surface area contributed by atoms with Crippen LogP contribution in [-0.4, -0.2) is 86.8 Å². The molecule has 1 aromatic rings. The van der Waals surface area contributed by atoms with Gasteiger partial charge in [0.05, 0.1) is 29.8 Å². The minimum atomic E-state index is -3.78. The first-order valence-corrected chi connectivity index (χ1v) is 11.2. The summed E-state index contributed by atoms with van der Waals surface area (Å²) in [6, 6.07) is 5.13. The summed E-state index contributed by atoms with van der Waals surface area (Å²) in [6.45, 7) is 5.04. The summed E-state index contributed by atoms with van der Waals surface area (Å²) in [7, 11) is -3.78. The van der Waals surface area contributed by atoms with Gasteiger partial charge in [-0.1, -0.05) is 11.6 Å². The average molecular weight is 432 g/mol. The Kier molecular flexibility index (Phi) is 6.95. The van der Waals surface area contributed by atoms with Crippen molar-refractivity contribution in [1.82, 2.24) is 14.5 Å². The van der Waals surface area contributed by atoms with Crippen LogP contribution in [0.3, 0.4) is 0 Å². The van der Waals surface area contributed by atoms with Gasteiger partial charge in [0, 0.05) is 38.1 Å². The number of nitrogens with zero attached hydrogens (tertiary/aromatic N) is 2. The highest BCUT2D eigenvalue weighted by atomic mass is 35.5. The van der Waals surface area contributed by atoms with Gasteiger partial charge in [0.15, 0.2) is 0 Å². The van der Waals surface area contributed by atoms with Gasteiger partial charge >= 0.3 is 0 Å². The number of ether oxygens (including phenoxy) is 1. The Labute approximate surface area is 170 Å². The maximum Gasteiger partial charge on any atom is 0.240 e. The van der Waals surface area contributed by atoms with E-state index in [9.17, 15) is 18.3 Å². The minimum Gasteiger partial charge on any atom is -0.389 e. The molecule has 156 valence electrons. The zero-order chi connectivity index (χ0) is 20.3. The monoisotopic (exact) mass is 431 g/mol. The summed E-state index contributed by atoms with van der Waals surface area (Å²) < 4.78 is 33.2. The number of rotatable bonds is 5. The Balaban J connectivity index is 1.56. The first-order chi connectivity index (χ1) is 13.3. The highest BCUT2D eigenvalue weighted by molar-refractivity contribution is 7.89. The van der Waals surface area contributed by atoms with Crippen molar-refractivity contribution in [2.75, 3.05) is 39.3 Å². The van der Waals surface area contributed by atoms with Crippen molar-refractivity contribution >= 4 is 27.5 Å². The fourth-order valence-electron chi connectivity index (χ4n) is 3.55. The molecule has 2 heterocycles. The third-order valence-electron chi connectivity index (χ3n) is 5.19. The predicted molar refractivity (Wildman–Crippen MR) is 105 cm³/mol. The smallest absolute Gasteiger partial charge is 0.240 e. The Hall–Kier alpha value is -1.23. The summed E-state index contributed by atoms with van der Waals surface area (Å²) in [5.74, 6) is 0.0654. The first-order valence-electron chi connectivity index (χ1n) is 9.32. The summed E-state index contributed by atoms with van der Waals surface area (Å²) in [5.41, 5.74) is 0.